The Balaban J connectivity index is 1.95. The average molecular weight is 273 g/mol. The molecule has 0 saturated carbocycles. The number of ether oxygens (including phenoxy) is 1. The fourth-order valence-corrected chi connectivity index (χ4v) is 2.43. The van der Waals surface area contributed by atoms with E-state index < -0.39 is 0 Å². The molecule has 0 unspecified atom stereocenters. The highest BCUT2D eigenvalue weighted by atomic mass is 35.5. The van der Waals surface area contributed by atoms with Crippen molar-refractivity contribution < 1.29 is 9.53 Å². The Morgan fingerprint density at radius 3 is 2.63 bits per heavy atom. The number of fused-ring (bicyclic) bond motifs is 1. The Kier molecular flexibility index (Phi) is 3.03. The second-order valence-corrected chi connectivity index (χ2v) is 5.22. The molecule has 2 aromatic carbocycles. The zero-order valence-corrected chi connectivity index (χ0v) is 11.3. The Hall–Kier alpha value is -1.80. The number of carbonyl (C=O) groups excluding carboxylic acids is 1. The van der Waals surface area contributed by atoms with Gasteiger partial charge in [-0.2, -0.15) is 0 Å². The lowest BCUT2D eigenvalue weighted by Gasteiger charge is -2.25. The van der Waals surface area contributed by atoms with Gasteiger partial charge in [-0.05, 0) is 36.8 Å². The van der Waals surface area contributed by atoms with E-state index in [0.29, 0.717) is 22.8 Å². The van der Waals surface area contributed by atoms with E-state index in [1.54, 1.807) is 0 Å². The van der Waals surface area contributed by atoms with Gasteiger partial charge in [-0.25, -0.2) is 0 Å². The van der Waals surface area contributed by atoms with Gasteiger partial charge in [0.2, 0.25) is 0 Å². The Bertz CT molecular complexity index is 632. The molecule has 2 nitrogen and oxygen atoms in total. The van der Waals surface area contributed by atoms with Crippen molar-refractivity contribution in [3.8, 4) is 5.75 Å². The number of ketones is 1. The van der Waals surface area contributed by atoms with E-state index in [-0.39, 0.29) is 11.9 Å². The summed E-state index contributed by atoms with van der Waals surface area (Å²) >= 11 is 5.87. The summed E-state index contributed by atoms with van der Waals surface area (Å²) in [6, 6.07) is 13.1. The molecule has 0 aliphatic carbocycles. The van der Waals surface area contributed by atoms with E-state index >= 15 is 0 Å². The summed E-state index contributed by atoms with van der Waals surface area (Å²) in [6.07, 6.45) is 0.151. The van der Waals surface area contributed by atoms with E-state index in [2.05, 4.69) is 0 Å². The van der Waals surface area contributed by atoms with E-state index in [9.17, 15) is 4.79 Å². The van der Waals surface area contributed by atoms with Crippen LogP contribution in [0.3, 0.4) is 0 Å². The van der Waals surface area contributed by atoms with Gasteiger partial charge in [0.1, 0.15) is 11.9 Å². The van der Waals surface area contributed by atoms with Gasteiger partial charge in [-0.1, -0.05) is 35.4 Å². The number of halogens is 1. The lowest BCUT2D eigenvalue weighted by Crippen LogP contribution is -2.20. The highest BCUT2D eigenvalue weighted by Crippen LogP contribution is 2.35. The summed E-state index contributed by atoms with van der Waals surface area (Å²) in [5.74, 6) is 0.798. The minimum Gasteiger partial charge on any atom is -0.484 e. The minimum absolute atomic E-state index is 0.130. The molecule has 19 heavy (non-hydrogen) atoms. The molecule has 0 aromatic heterocycles. The quantitative estimate of drug-likeness (QED) is 0.771. The number of benzene rings is 2. The van der Waals surface area contributed by atoms with Gasteiger partial charge in [-0.3, -0.25) is 4.79 Å². The third-order valence-electron chi connectivity index (χ3n) is 3.32. The molecule has 1 heterocycles. The van der Waals surface area contributed by atoms with Gasteiger partial charge in [0.05, 0.1) is 12.0 Å². The van der Waals surface area contributed by atoms with E-state index in [1.807, 2.05) is 49.4 Å². The summed E-state index contributed by atoms with van der Waals surface area (Å²) in [7, 11) is 0. The predicted molar refractivity (Wildman–Crippen MR) is 74.9 cm³/mol. The maximum Gasteiger partial charge on any atom is 0.170 e. The molecule has 0 N–H and O–H groups in total. The lowest BCUT2D eigenvalue weighted by molar-refractivity contribution is 0.0850. The van der Waals surface area contributed by atoms with E-state index in [0.717, 1.165) is 11.1 Å². The summed E-state index contributed by atoms with van der Waals surface area (Å²) in [4.78, 5) is 12.2. The van der Waals surface area contributed by atoms with Crippen molar-refractivity contribution in [3.63, 3.8) is 0 Å². The average Bonchev–Trinajstić information content (AvgIpc) is 2.40. The maximum atomic E-state index is 12.2. The monoisotopic (exact) mass is 272 g/mol. The Morgan fingerprint density at radius 1 is 1.16 bits per heavy atom. The largest absolute Gasteiger partial charge is 0.484 e. The van der Waals surface area contributed by atoms with Gasteiger partial charge >= 0.3 is 0 Å². The van der Waals surface area contributed by atoms with Crippen LogP contribution >= 0.6 is 11.6 Å². The number of aryl methyl sites for hydroxylation is 1. The summed E-state index contributed by atoms with van der Waals surface area (Å²) in [5.41, 5.74) is 2.73. The zero-order chi connectivity index (χ0) is 13.4. The van der Waals surface area contributed by atoms with Crippen LogP contribution in [-0.2, 0) is 0 Å². The first-order valence-corrected chi connectivity index (χ1v) is 6.57. The molecule has 1 aliphatic heterocycles. The Morgan fingerprint density at radius 2 is 1.89 bits per heavy atom. The standard InChI is InChI=1S/C16H13ClO2/c1-10-2-7-15-13(8-10)14(18)9-16(19-15)11-3-5-12(17)6-4-11/h2-8,16H,9H2,1H3/t16-/m0/s1. The second-order valence-electron chi connectivity index (χ2n) is 4.78. The molecule has 0 amide bonds. The smallest absolute Gasteiger partial charge is 0.170 e. The first kappa shape index (κ1) is 12.2. The van der Waals surface area contributed by atoms with Gasteiger partial charge in [0.15, 0.2) is 5.78 Å². The normalized spacial score (nSPS) is 17.8. The molecule has 2 aromatic rings. The summed E-state index contributed by atoms with van der Waals surface area (Å²) in [6.45, 7) is 1.97. The lowest BCUT2D eigenvalue weighted by atomic mass is 9.95. The van der Waals surface area contributed by atoms with Crippen molar-refractivity contribution >= 4 is 17.4 Å². The summed E-state index contributed by atoms with van der Waals surface area (Å²) < 4.78 is 5.92. The van der Waals surface area contributed by atoms with Crippen molar-refractivity contribution in [3.05, 3.63) is 64.2 Å². The van der Waals surface area contributed by atoms with Gasteiger partial charge in [0, 0.05) is 5.02 Å². The van der Waals surface area contributed by atoms with Gasteiger partial charge in [-0.15, -0.1) is 0 Å². The van der Waals surface area contributed by atoms with Gasteiger partial charge in [0.25, 0.3) is 0 Å². The van der Waals surface area contributed by atoms with Crippen LogP contribution in [0, 0.1) is 6.92 Å². The molecule has 96 valence electrons. The van der Waals surface area contributed by atoms with Crippen LogP contribution in [0.15, 0.2) is 42.5 Å². The maximum absolute atomic E-state index is 12.2. The van der Waals surface area contributed by atoms with Crippen molar-refractivity contribution in [2.75, 3.05) is 0 Å². The molecule has 0 spiro atoms. The van der Waals surface area contributed by atoms with E-state index in [1.165, 1.54) is 0 Å². The molecular formula is C16H13ClO2. The van der Waals surface area contributed by atoms with Crippen molar-refractivity contribution in [1.29, 1.82) is 0 Å². The highest BCUT2D eigenvalue weighted by molar-refractivity contribution is 6.30. The van der Waals surface area contributed by atoms with Gasteiger partial charge < -0.3 is 4.74 Å². The molecule has 1 atom stereocenters. The zero-order valence-electron chi connectivity index (χ0n) is 10.5. The highest BCUT2D eigenvalue weighted by Gasteiger charge is 2.27. The number of rotatable bonds is 1. The van der Waals surface area contributed by atoms with Crippen LogP contribution < -0.4 is 4.74 Å². The molecule has 0 radical (unpaired) electrons. The molecule has 0 bridgehead atoms. The molecular weight excluding hydrogens is 260 g/mol. The SMILES string of the molecule is Cc1ccc2c(c1)C(=O)C[C@@H](c1ccc(Cl)cc1)O2. The topological polar surface area (TPSA) is 26.3 Å². The van der Waals surface area contributed by atoms with Crippen LogP contribution in [0.2, 0.25) is 5.02 Å². The van der Waals surface area contributed by atoms with E-state index in [4.69, 9.17) is 16.3 Å². The molecule has 1 aliphatic rings. The first-order chi connectivity index (χ1) is 9.13. The van der Waals surface area contributed by atoms with Crippen LogP contribution in [0.1, 0.15) is 34.0 Å². The first-order valence-electron chi connectivity index (χ1n) is 6.19. The fourth-order valence-electron chi connectivity index (χ4n) is 2.30. The molecule has 3 heteroatoms. The number of hydrogen-bond donors (Lipinski definition) is 0. The molecule has 0 fully saturated rings. The minimum atomic E-state index is -0.222. The van der Waals surface area contributed by atoms with Crippen molar-refractivity contribution in [1.82, 2.24) is 0 Å². The third kappa shape index (κ3) is 2.36. The number of carbonyl (C=O) groups is 1. The number of Topliss-reactive ketones (excluding diaryl/α,β-unsaturated/α-hetero) is 1. The fraction of sp³-hybridized carbons (Fsp3) is 0.188. The molecule has 0 saturated heterocycles. The number of hydrogen-bond acceptors (Lipinski definition) is 2. The van der Waals surface area contributed by atoms with Crippen LogP contribution in [0.5, 0.6) is 5.75 Å². The molecule has 3 rings (SSSR count). The predicted octanol–water partition coefficient (Wildman–Crippen LogP) is 4.35. The third-order valence-corrected chi connectivity index (χ3v) is 3.57. The van der Waals surface area contributed by atoms with Crippen molar-refractivity contribution in [2.45, 2.75) is 19.4 Å². The van der Waals surface area contributed by atoms with Crippen LogP contribution in [-0.4, -0.2) is 5.78 Å². The Labute approximate surface area is 117 Å². The van der Waals surface area contributed by atoms with Crippen LogP contribution in [0.25, 0.3) is 0 Å². The second kappa shape index (κ2) is 4.71. The summed E-state index contributed by atoms with van der Waals surface area (Å²) in [5, 5.41) is 0.682. The van der Waals surface area contributed by atoms with Crippen molar-refractivity contribution in [2.24, 2.45) is 0 Å². The van der Waals surface area contributed by atoms with Crippen LogP contribution in [0.4, 0.5) is 0 Å².